The lowest BCUT2D eigenvalue weighted by Gasteiger charge is -2.14. The largest absolute Gasteiger partial charge is 0.497 e. The van der Waals surface area contributed by atoms with Gasteiger partial charge in [0.1, 0.15) is 17.1 Å². The molecule has 198 valence electrons. The number of nitrogens with zero attached hydrogens (tertiary/aromatic N) is 2. The first-order valence-electron chi connectivity index (χ1n) is 13.3. The third kappa shape index (κ3) is 5.96. The van der Waals surface area contributed by atoms with Crippen LogP contribution in [0.2, 0.25) is 0 Å². The first-order chi connectivity index (χ1) is 19.1. The van der Waals surface area contributed by atoms with E-state index in [0.29, 0.717) is 19.4 Å². The molecule has 1 unspecified atom stereocenters. The quantitative estimate of drug-likeness (QED) is 0.218. The van der Waals surface area contributed by atoms with Crippen molar-refractivity contribution in [1.82, 2.24) is 14.7 Å². The summed E-state index contributed by atoms with van der Waals surface area (Å²) in [6, 6.07) is 30.0. The Morgan fingerprint density at radius 1 is 0.897 bits per heavy atom. The van der Waals surface area contributed by atoms with E-state index in [4.69, 9.17) is 14.5 Å². The van der Waals surface area contributed by atoms with Crippen LogP contribution in [0.3, 0.4) is 0 Å². The van der Waals surface area contributed by atoms with Gasteiger partial charge in [0.15, 0.2) is 0 Å². The van der Waals surface area contributed by atoms with Crippen LogP contribution in [0.4, 0.5) is 0 Å². The average molecular weight is 520 g/mol. The Bertz CT molecular complexity index is 1560. The number of ether oxygens (including phenoxy) is 2. The summed E-state index contributed by atoms with van der Waals surface area (Å²) < 4.78 is 13.2. The number of imidazole rings is 1. The number of benzene rings is 3. The van der Waals surface area contributed by atoms with Gasteiger partial charge in [-0.15, -0.1) is 0 Å². The van der Waals surface area contributed by atoms with Gasteiger partial charge < -0.3 is 19.2 Å². The zero-order valence-corrected chi connectivity index (χ0v) is 22.6. The third-order valence-electron chi connectivity index (χ3n) is 6.83. The van der Waals surface area contributed by atoms with E-state index in [2.05, 4.69) is 28.0 Å². The van der Waals surface area contributed by atoms with E-state index >= 15 is 0 Å². The van der Waals surface area contributed by atoms with Crippen LogP contribution in [-0.4, -0.2) is 29.0 Å². The number of nitrogens with one attached hydrogen (secondary N) is 1. The predicted octanol–water partition coefficient (Wildman–Crippen LogP) is 6.89. The average Bonchev–Trinajstić information content (AvgIpc) is 3.34. The molecule has 6 nitrogen and oxygen atoms in total. The van der Waals surface area contributed by atoms with Gasteiger partial charge in [-0.05, 0) is 85.5 Å². The van der Waals surface area contributed by atoms with E-state index in [-0.39, 0.29) is 11.9 Å². The van der Waals surface area contributed by atoms with Crippen LogP contribution in [0.5, 0.6) is 11.5 Å². The SMILES string of the molecule is CCOc1cccc(-c2ccc3nc(-c4ccc(OC)cc4)c(CCC(=O)NC(C)c4ccccc4)n3c2)c1. The van der Waals surface area contributed by atoms with Gasteiger partial charge in [0.05, 0.1) is 31.1 Å². The fourth-order valence-electron chi connectivity index (χ4n) is 4.79. The molecule has 0 bridgehead atoms. The monoisotopic (exact) mass is 519 g/mol. The Hall–Kier alpha value is -4.58. The number of carbonyl (C=O) groups excluding carboxylic acids is 1. The van der Waals surface area contributed by atoms with Gasteiger partial charge in [0.2, 0.25) is 5.91 Å². The van der Waals surface area contributed by atoms with Crippen molar-refractivity contribution in [1.29, 1.82) is 0 Å². The Morgan fingerprint density at radius 3 is 2.41 bits per heavy atom. The molecule has 0 aliphatic carbocycles. The second-order valence-corrected chi connectivity index (χ2v) is 9.44. The van der Waals surface area contributed by atoms with Crippen molar-refractivity contribution in [3.8, 4) is 33.9 Å². The maximum atomic E-state index is 13.0. The molecule has 0 saturated carbocycles. The molecule has 5 aromatic rings. The normalized spacial score (nSPS) is 11.8. The molecule has 1 N–H and O–H groups in total. The first kappa shape index (κ1) is 26.0. The number of aryl methyl sites for hydroxylation is 1. The number of aromatic nitrogens is 2. The molecule has 2 aromatic heterocycles. The van der Waals surface area contributed by atoms with E-state index < -0.39 is 0 Å². The number of rotatable bonds is 10. The minimum absolute atomic E-state index is 0.00236. The fourth-order valence-corrected chi connectivity index (χ4v) is 4.79. The van der Waals surface area contributed by atoms with Crippen LogP contribution < -0.4 is 14.8 Å². The highest BCUT2D eigenvalue weighted by Crippen LogP contribution is 2.30. The number of fused-ring (bicyclic) bond motifs is 1. The summed E-state index contributed by atoms with van der Waals surface area (Å²) in [5, 5.41) is 3.14. The van der Waals surface area contributed by atoms with Crippen LogP contribution in [0.25, 0.3) is 28.0 Å². The molecular weight excluding hydrogens is 486 g/mol. The van der Waals surface area contributed by atoms with Crippen molar-refractivity contribution in [2.24, 2.45) is 0 Å². The molecule has 3 aromatic carbocycles. The molecule has 5 rings (SSSR count). The molecular formula is C33H33N3O3. The molecule has 39 heavy (non-hydrogen) atoms. The van der Waals surface area contributed by atoms with Crippen molar-refractivity contribution in [2.75, 3.05) is 13.7 Å². The van der Waals surface area contributed by atoms with Gasteiger partial charge in [0, 0.05) is 18.2 Å². The number of hydrogen-bond acceptors (Lipinski definition) is 4. The Balaban J connectivity index is 1.48. The van der Waals surface area contributed by atoms with Gasteiger partial charge in [0.25, 0.3) is 0 Å². The smallest absolute Gasteiger partial charge is 0.220 e. The lowest BCUT2D eigenvalue weighted by Crippen LogP contribution is -2.26. The van der Waals surface area contributed by atoms with Crippen molar-refractivity contribution in [3.63, 3.8) is 0 Å². The van der Waals surface area contributed by atoms with Crippen LogP contribution in [0.1, 0.15) is 37.6 Å². The predicted molar refractivity (Wildman–Crippen MR) is 155 cm³/mol. The zero-order valence-electron chi connectivity index (χ0n) is 22.6. The summed E-state index contributed by atoms with van der Waals surface area (Å²) in [6.45, 7) is 4.60. The van der Waals surface area contributed by atoms with E-state index in [0.717, 1.165) is 50.8 Å². The van der Waals surface area contributed by atoms with Crippen molar-refractivity contribution >= 4 is 11.6 Å². The first-order valence-corrected chi connectivity index (χ1v) is 13.3. The molecule has 0 aliphatic rings. The topological polar surface area (TPSA) is 64.9 Å². The van der Waals surface area contributed by atoms with Gasteiger partial charge in [-0.2, -0.15) is 0 Å². The summed E-state index contributed by atoms with van der Waals surface area (Å²) >= 11 is 0. The van der Waals surface area contributed by atoms with Crippen molar-refractivity contribution < 1.29 is 14.3 Å². The maximum Gasteiger partial charge on any atom is 0.220 e. The second kappa shape index (κ2) is 11.9. The number of amides is 1. The standard InChI is InChI=1S/C33H33N3O3/c1-4-39-29-12-8-11-26(21-29)27-15-19-31-35-33(25-13-16-28(38-3)17-14-25)30(36(31)22-27)18-20-32(37)34-23(2)24-9-6-5-7-10-24/h5-17,19,21-23H,4,18,20H2,1-3H3,(H,34,37). The number of pyridine rings is 1. The van der Waals surface area contributed by atoms with E-state index in [1.54, 1.807) is 7.11 Å². The maximum absolute atomic E-state index is 13.0. The van der Waals surface area contributed by atoms with Crippen LogP contribution in [-0.2, 0) is 11.2 Å². The van der Waals surface area contributed by atoms with Gasteiger partial charge in [-0.25, -0.2) is 4.98 Å². The van der Waals surface area contributed by atoms with Gasteiger partial charge in [-0.3, -0.25) is 4.79 Å². The minimum Gasteiger partial charge on any atom is -0.497 e. The summed E-state index contributed by atoms with van der Waals surface area (Å²) in [4.78, 5) is 18.0. The molecule has 0 fully saturated rings. The van der Waals surface area contributed by atoms with Gasteiger partial charge >= 0.3 is 0 Å². The highest BCUT2D eigenvalue weighted by molar-refractivity contribution is 5.77. The molecule has 0 radical (unpaired) electrons. The Morgan fingerprint density at radius 2 is 1.67 bits per heavy atom. The van der Waals surface area contributed by atoms with Crippen LogP contribution >= 0.6 is 0 Å². The molecule has 0 aliphatic heterocycles. The van der Waals surface area contributed by atoms with E-state index in [1.807, 2.05) is 92.7 Å². The molecule has 6 heteroatoms. The lowest BCUT2D eigenvalue weighted by atomic mass is 10.1. The number of hydrogen-bond donors (Lipinski definition) is 1. The summed E-state index contributed by atoms with van der Waals surface area (Å²) in [5.41, 5.74) is 6.85. The third-order valence-corrected chi connectivity index (χ3v) is 6.83. The Labute approximate surface area is 229 Å². The molecule has 0 spiro atoms. The summed E-state index contributed by atoms with van der Waals surface area (Å²) in [5.74, 6) is 1.63. The highest BCUT2D eigenvalue weighted by atomic mass is 16.5. The second-order valence-electron chi connectivity index (χ2n) is 9.44. The number of carbonyl (C=O) groups is 1. The molecule has 1 atom stereocenters. The number of methoxy groups -OCH3 is 1. The van der Waals surface area contributed by atoms with E-state index in [1.165, 1.54) is 0 Å². The van der Waals surface area contributed by atoms with Crippen LogP contribution in [0, 0.1) is 0 Å². The van der Waals surface area contributed by atoms with Crippen molar-refractivity contribution in [3.05, 3.63) is 108 Å². The molecule has 2 heterocycles. The van der Waals surface area contributed by atoms with Crippen molar-refractivity contribution in [2.45, 2.75) is 32.7 Å². The Kier molecular flexibility index (Phi) is 7.92. The molecule has 1 amide bonds. The molecule has 0 saturated heterocycles. The zero-order chi connectivity index (χ0) is 27.2. The van der Waals surface area contributed by atoms with Crippen LogP contribution in [0.15, 0.2) is 97.2 Å². The fraction of sp³-hybridized carbons (Fsp3) is 0.212. The van der Waals surface area contributed by atoms with Gasteiger partial charge in [-0.1, -0.05) is 42.5 Å². The lowest BCUT2D eigenvalue weighted by molar-refractivity contribution is -0.121. The van der Waals surface area contributed by atoms with E-state index in [9.17, 15) is 4.79 Å². The minimum atomic E-state index is -0.0637. The highest BCUT2D eigenvalue weighted by Gasteiger charge is 2.17. The summed E-state index contributed by atoms with van der Waals surface area (Å²) in [7, 11) is 1.66. The summed E-state index contributed by atoms with van der Waals surface area (Å²) in [6.07, 6.45) is 2.98.